The summed E-state index contributed by atoms with van der Waals surface area (Å²) in [6, 6.07) is 8.12. The molecular weight excluding hydrogens is 445 g/mol. The minimum atomic E-state index is -1.25. The number of hydrogen-bond donors (Lipinski definition) is 3. The molecule has 5 nitrogen and oxygen atoms in total. The molecule has 8 heteroatoms. The quantitative estimate of drug-likeness (QED) is 0.509. The SMILES string of the molecule is CC(C)(C)Cc1ccc2c(c1)[C@H](NC[C@H](O)[C@H](Cc1cc(F)cc(F)c1)NC(=O)CF)CCO2. The largest absolute Gasteiger partial charge is 0.493 e. The molecule has 1 heterocycles. The number of carbonyl (C=O) groups is 1. The zero-order valence-electron chi connectivity index (χ0n) is 19.8. The average molecular weight is 479 g/mol. The molecule has 34 heavy (non-hydrogen) atoms. The highest BCUT2D eigenvalue weighted by Crippen LogP contribution is 2.34. The highest BCUT2D eigenvalue weighted by molar-refractivity contribution is 5.77. The lowest BCUT2D eigenvalue weighted by Crippen LogP contribution is -2.49. The Hall–Kier alpha value is -2.58. The number of alkyl halides is 1. The molecule has 186 valence electrons. The van der Waals surface area contributed by atoms with Crippen molar-refractivity contribution in [3.05, 3.63) is 64.7 Å². The van der Waals surface area contributed by atoms with E-state index in [9.17, 15) is 23.1 Å². The Morgan fingerprint density at radius 2 is 1.85 bits per heavy atom. The molecule has 0 bridgehead atoms. The molecule has 0 unspecified atom stereocenters. The normalized spacial score (nSPS) is 17.4. The lowest BCUT2D eigenvalue weighted by atomic mass is 9.86. The third kappa shape index (κ3) is 7.46. The molecule has 0 radical (unpaired) electrons. The second-order valence-electron chi connectivity index (χ2n) is 10.1. The van der Waals surface area contributed by atoms with Crippen molar-refractivity contribution in [2.24, 2.45) is 5.41 Å². The zero-order chi connectivity index (χ0) is 24.9. The number of benzene rings is 2. The van der Waals surface area contributed by atoms with E-state index < -0.39 is 36.4 Å². The Morgan fingerprint density at radius 1 is 1.15 bits per heavy atom. The van der Waals surface area contributed by atoms with Crippen molar-refractivity contribution in [1.82, 2.24) is 10.6 Å². The number of aliphatic hydroxyl groups is 1. The smallest absolute Gasteiger partial charge is 0.251 e. The Labute approximate surface area is 198 Å². The van der Waals surface area contributed by atoms with Crippen LogP contribution in [-0.4, -0.2) is 43.0 Å². The van der Waals surface area contributed by atoms with Gasteiger partial charge in [0.2, 0.25) is 0 Å². The predicted molar refractivity (Wildman–Crippen MR) is 124 cm³/mol. The molecule has 0 aliphatic carbocycles. The standard InChI is InChI=1S/C26H33F3N2O3/c1-26(2,3)13-16-4-5-24-20(10-16)21(6-7-34-24)30-15-23(32)22(31-25(33)14-27)11-17-8-18(28)12-19(29)9-17/h4-5,8-10,12,21-23,30,32H,6-7,11,13-15H2,1-3H3,(H,31,33)/t21-,22+,23+/m1/s1. The van der Waals surface area contributed by atoms with Crippen LogP contribution >= 0.6 is 0 Å². The second kappa shape index (κ2) is 11.2. The molecule has 0 spiro atoms. The van der Waals surface area contributed by atoms with Crippen molar-refractivity contribution in [3.63, 3.8) is 0 Å². The van der Waals surface area contributed by atoms with Crippen LogP contribution in [-0.2, 0) is 17.6 Å². The average Bonchev–Trinajstić information content (AvgIpc) is 2.75. The topological polar surface area (TPSA) is 70.6 Å². The third-order valence-corrected chi connectivity index (χ3v) is 5.73. The van der Waals surface area contributed by atoms with E-state index in [-0.39, 0.29) is 30.0 Å². The van der Waals surface area contributed by atoms with Gasteiger partial charge in [-0.1, -0.05) is 32.9 Å². The summed E-state index contributed by atoms with van der Waals surface area (Å²) in [5.41, 5.74) is 2.56. The molecular formula is C26H33F3N2O3. The van der Waals surface area contributed by atoms with Crippen molar-refractivity contribution < 1.29 is 27.8 Å². The molecule has 2 aromatic carbocycles. The van der Waals surface area contributed by atoms with Gasteiger partial charge in [0.25, 0.3) is 5.91 Å². The number of hydrogen-bond acceptors (Lipinski definition) is 4. The van der Waals surface area contributed by atoms with Gasteiger partial charge >= 0.3 is 0 Å². The first-order chi connectivity index (χ1) is 16.0. The summed E-state index contributed by atoms with van der Waals surface area (Å²) in [5.74, 6) is -1.64. The summed E-state index contributed by atoms with van der Waals surface area (Å²) in [6.45, 7) is 5.87. The number of amides is 1. The van der Waals surface area contributed by atoms with E-state index >= 15 is 0 Å². The Kier molecular flexibility index (Phi) is 8.60. The van der Waals surface area contributed by atoms with Gasteiger partial charge in [0.15, 0.2) is 6.67 Å². The fourth-order valence-corrected chi connectivity index (χ4v) is 4.29. The summed E-state index contributed by atoms with van der Waals surface area (Å²) in [4.78, 5) is 11.7. The van der Waals surface area contributed by atoms with Crippen LogP contribution in [0.15, 0.2) is 36.4 Å². The lowest BCUT2D eigenvalue weighted by molar-refractivity contribution is -0.123. The van der Waals surface area contributed by atoms with Crippen LogP contribution in [0.4, 0.5) is 13.2 Å². The van der Waals surface area contributed by atoms with Gasteiger partial charge in [-0.2, -0.15) is 0 Å². The number of ether oxygens (including phenoxy) is 1. The van der Waals surface area contributed by atoms with Crippen LogP contribution in [0.2, 0.25) is 0 Å². The maximum absolute atomic E-state index is 13.6. The van der Waals surface area contributed by atoms with E-state index in [1.807, 2.05) is 6.07 Å². The van der Waals surface area contributed by atoms with Crippen LogP contribution in [0.25, 0.3) is 0 Å². The summed E-state index contributed by atoms with van der Waals surface area (Å²) in [7, 11) is 0. The molecule has 0 saturated heterocycles. The van der Waals surface area contributed by atoms with Gasteiger partial charge < -0.3 is 20.5 Å². The van der Waals surface area contributed by atoms with Crippen molar-refractivity contribution >= 4 is 5.91 Å². The minimum Gasteiger partial charge on any atom is -0.493 e. The monoisotopic (exact) mass is 478 g/mol. The van der Waals surface area contributed by atoms with Crippen LogP contribution < -0.4 is 15.4 Å². The van der Waals surface area contributed by atoms with Crippen molar-refractivity contribution in [1.29, 1.82) is 0 Å². The van der Waals surface area contributed by atoms with Gasteiger partial charge in [0, 0.05) is 30.6 Å². The third-order valence-electron chi connectivity index (χ3n) is 5.73. The second-order valence-corrected chi connectivity index (χ2v) is 10.1. The van der Waals surface area contributed by atoms with E-state index in [0.29, 0.717) is 13.0 Å². The fraction of sp³-hybridized carbons (Fsp3) is 0.500. The molecule has 3 rings (SSSR count). The summed E-state index contributed by atoms with van der Waals surface area (Å²) in [6.07, 6.45) is 0.418. The molecule has 2 aromatic rings. The number of rotatable bonds is 9. The maximum Gasteiger partial charge on any atom is 0.251 e. The van der Waals surface area contributed by atoms with Crippen LogP contribution in [0.5, 0.6) is 5.75 Å². The van der Waals surface area contributed by atoms with E-state index in [0.717, 1.165) is 35.9 Å². The molecule has 0 fully saturated rings. The van der Waals surface area contributed by atoms with Crippen molar-refractivity contribution in [2.75, 3.05) is 19.8 Å². The molecule has 3 atom stereocenters. The van der Waals surface area contributed by atoms with E-state index in [4.69, 9.17) is 4.74 Å². The first-order valence-electron chi connectivity index (χ1n) is 11.5. The lowest BCUT2D eigenvalue weighted by Gasteiger charge is -2.30. The first-order valence-corrected chi connectivity index (χ1v) is 11.5. The van der Waals surface area contributed by atoms with Crippen molar-refractivity contribution in [3.8, 4) is 5.75 Å². The van der Waals surface area contributed by atoms with Gasteiger partial charge in [-0.05, 0) is 47.6 Å². The van der Waals surface area contributed by atoms with Crippen LogP contribution in [0.1, 0.15) is 49.9 Å². The maximum atomic E-state index is 13.6. The number of fused-ring (bicyclic) bond motifs is 1. The molecule has 0 saturated carbocycles. The molecule has 0 aromatic heterocycles. The molecule has 3 N–H and O–H groups in total. The van der Waals surface area contributed by atoms with Gasteiger partial charge in [-0.15, -0.1) is 0 Å². The van der Waals surface area contributed by atoms with Gasteiger partial charge in [-0.25, -0.2) is 13.2 Å². The van der Waals surface area contributed by atoms with Gasteiger partial charge in [-0.3, -0.25) is 4.79 Å². The minimum absolute atomic E-state index is 0.0522. The first kappa shape index (κ1) is 26.0. The number of aliphatic hydroxyl groups excluding tert-OH is 1. The molecule has 1 amide bonds. The fourth-order valence-electron chi connectivity index (χ4n) is 4.29. The summed E-state index contributed by atoms with van der Waals surface area (Å²) in [5, 5.41) is 16.6. The van der Waals surface area contributed by atoms with E-state index in [1.54, 1.807) is 0 Å². The number of carbonyl (C=O) groups excluding carboxylic acids is 1. The van der Waals surface area contributed by atoms with Gasteiger partial charge in [0.1, 0.15) is 17.4 Å². The van der Waals surface area contributed by atoms with E-state index in [1.165, 1.54) is 5.56 Å². The summed E-state index contributed by atoms with van der Waals surface area (Å²) < 4.78 is 45.8. The Morgan fingerprint density at radius 3 is 2.50 bits per heavy atom. The number of halogens is 3. The van der Waals surface area contributed by atoms with E-state index in [2.05, 4.69) is 43.5 Å². The summed E-state index contributed by atoms with van der Waals surface area (Å²) >= 11 is 0. The van der Waals surface area contributed by atoms with Crippen LogP contribution in [0, 0.1) is 17.0 Å². The highest BCUT2D eigenvalue weighted by atomic mass is 19.1. The van der Waals surface area contributed by atoms with Crippen molar-refractivity contribution in [2.45, 2.75) is 58.2 Å². The zero-order valence-corrected chi connectivity index (χ0v) is 19.8. The number of nitrogens with one attached hydrogen (secondary N) is 2. The molecule has 1 aliphatic heterocycles. The highest BCUT2D eigenvalue weighted by Gasteiger charge is 2.27. The van der Waals surface area contributed by atoms with Gasteiger partial charge in [0.05, 0.1) is 18.8 Å². The Balaban J connectivity index is 1.72. The Bertz CT molecular complexity index is 973. The van der Waals surface area contributed by atoms with Crippen LogP contribution in [0.3, 0.4) is 0 Å². The predicted octanol–water partition coefficient (Wildman–Crippen LogP) is 4.02. The molecule has 1 aliphatic rings.